The number of carboxylic acid groups (broad SMARTS) is 1. The highest BCUT2D eigenvalue weighted by Crippen LogP contribution is 2.16. The molecule has 0 saturated heterocycles. The Morgan fingerprint density at radius 3 is 2.80 bits per heavy atom. The van der Waals surface area contributed by atoms with Crippen LogP contribution >= 0.6 is 0 Å². The van der Waals surface area contributed by atoms with Gasteiger partial charge in [0.15, 0.2) is 0 Å². The average molecular weight is 209 g/mol. The number of isocyanates is 1. The van der Waals surface area contributed by atoms with Gasteiger partial charge in [-0.25, -0.2) is 19.0 Å². The van der Waals surface area contributed by atoms with Gasteiger partial charge in [0.2, 0.25) is 6.08 Å². The van der Waals surface area contributed by atoms with Gasteiger partial charge >= 0.3 is 5.97 Å². The third-order valence-electron chi connectivity index (χ3n) is 1.96. The second kappa shape index (κ2) is 4.48. The van der Waals surface area contributed by atoms with Crippen molar-refractivity contribution in [2.75, 3.05) is 0 Å². The molecule has 0 radical (unpaired) electrons. The van der Waals surface area contributed by atoms with Crippen molar-refractivity contribution in [3.63, 3.8) is 0 Å². The highest BCUT2D eigenvalue weighted by molar-refractivity contribution is 5.89. The normalized spacial score (nSPS) is 9.47. The number of rotatable bonds is 3. The SMILES string of the molecule is Cc1c(F)cc(CN=C=O)cc1C(=O)O. The number of aliphatic imine (C=N–C) groups is 1. The fourth-order valence-electron chi connectivity index (χ4n) is 1.17. The van der Waals surface area contributed by atoms with Crippen LogP contribution in [0.1, 0.15) is 21.5 Å². The van der Waals surface area contributed by atoms with Crippen molar-refractivity contribution in [3.8, 4) is 0 Å². The minimum absolute atomic E-state index is 0.0685. The van der Waals surface area contributed by atoms with E-state index in [-0.39, 0.29) is 17.7 Å². The second-order valence-corrected chi connectivity index (χ2v) is 2.96. The molecule has 0 atom stereocenters. The molecule has 0 unspecified atom stereocenters. The van der Waals surface area contributed by atoms with Gasteiger partial charge in [0.05, 0.1) is 12.1 Å². The van der Waals surface area contributed by atoms with Gasteiger partial charge in [0, 0.05) is 0 Å². The Bertz CT molecular complexity index is 450. The molecule has 0 aliphatic heterocycles. The molecule has 1 N–H and O–H groups in total. The van der Waals surface area contributed by atoms with E-state index < -0.39 is 11.8 Å². The van der Waals surface area contributed by atoms with Gasteiger partial charge in [-0.1, -0.05) is 0 Å². The molecule has 5 heteroatoms. The summed E-state index contributed by atoms with van der Waals surface area (Å²) in [4.78, 5) is 23.8. The lowest BCUT2D eigenvalue weighted by Crippen LogP contribution is -2.03. The summed E-state index contributed by atoms with van der Waals surface area (Å²) in [6.07, 6.45) is 1.30. The van der Waals surface area contributed by atoms with Crippen LogP contribution in [0, 0.1) is 12.7 Å². The van der Waals surface area contributed by atoms with Gasteiger partial charge in [-0.2, -0.15) is 0 Å². The fourth-order valence-corrected chi connectivity index (χ4v) is 1.17. The lowest BCUT2D eigenvalue weighted by atomic mass is 10.0. The van der Waals surface area contributed by atoms with E-state index in [9.17, 15) is 14.0 Å². The Balaban J connectivity index is 3.22. The largest absolute Gasteiger partial charge is 0.478 e. The number of hydrogen-bond donors (Lipinski definition) is 1. The molecular weight excluding hydrogens is 201 g/mol. The fraction of sp³-hybridized carbons (Fsp3) is 0.200. The van der Waals surface area contributed by atoms with Crippen molar-refractivity contribution in [2.24, 2.45) is 4.99 Å². The molecule has 0 spiro atoms. The third-order valence-corrected chi connectivity index (χ3v) is 1.96. The van der Waals surface area contributed by atoms with Crippen LogP contribution in [0.2, 0.25) is 0 Å². The smallest absolute Gasteiger partial charge is 0.336 e. The molecule has 0 bridgehead atoms. The first-order chi connectivity index (χ1) is 7.06. The highest BCUT2D eigenvalue weighted by atomic mass is 19.1. The molecule has 4 nitrogen and oxygen atoms in total. The van der Waals surface area contributed by atoms with Crippen LogP contribution in [0.15, 0.2) is 17.1 Å². The van der Waals surface area contributed by atoms with E-state index >= 15 is 0 Å². The number of aromatic carboxylic acids is 1. The molecule has 0 amide bonds. The van der Waals surface area contributed by atoms with Crippen LogP contribution in [-0.2, 0) is 11.3 Å². The zero-order valence-corrected chi connectivity index (χ0v) is 7.95. The van der Waals surface area contributed by atoms with Gasteiger partial charge < -0.3 is 5.11 Å². The third kappa shape index (κ3) is 2.48. The van der Waals surface area contributed by atoms with Gasteiger partial charge in [0.25, 0.3) is 0 Å². The minimum atomic E-state index is -1.21. The summed E-state index contributed by atoms with van der Waals surface area (Å²) in [7, 11) is 0. The van der Waals surface area contributed by atoms with E-state index in [1.807, 2.05) is 0 Å². The van der Waals surface area contributed by atoms with Gasteiger partial charge in [-0.05, 0) is 30.2 Å². The molecule has 15 heavy (non-hydrogen) atoms. The molecule has 1 aromatic carbocycles. The van der Waals surface area contributed by atoms with Crippen LogP contribution in [0.25, 0.3) is 0 Å². The number of benzene rings is 1. The van der Waals surface area contributed by atoms with E-state index in [0.717, 1.165) is 6.07 Å². The predicted molar refractivity (Wildman–Crippen MR) is 49.9 cm³/mol. The summed E-state index contributed by atoms with van der Waals surface area (Å²) in [5, 5.41) is 8.77. The van der Waals surface area contributed by atoms with Crippen molar-refractivity contribution in [1.29, 1.82) is 0 Å². The highest BCUT2D eigenvalue weighted by Gasteiger charge is 2.12. The lowest BCUT2D eigenvalue weighted by molar-refractivity contribution is 0.0695. The minimum Gasteiger partial charge on any atom is -0.478 e. The van der Waals surface area contributed by atoms with Crippen LogP contribution in [0.5, 0.6) is 0 Å². The number of hydrogen-bond acceptors (Lipinski definition) is 3. The summed E-state index contributed by atoms with van der Waals surface area (Å²) in [5.74, 6) is -1.82. The van der Waals surface area contributed by atoms with Gasteiger partial charge in [-0.15, -0.1) is 0 Å². The Hall–Kier alpha value is -2.00. The number of halogens is 1. The first-order valence-electron chi connectivity index (χ1n) is 4.12. The standard InChI is InChI=1S/C10H8FNO3/c1-6-8(10(14)15)2-7(3-9(6)11)4-12-5-13/h2-3H,4H2,1H3,(H,14,15). The summed E-state index contributed by atoms with van der Waals surface area (Å²) >= 11 is 0. The number of nitrogens with zero attached hydrogens (tertiary/aromatic N) is 1. The Kier molecular flexibility index (Phi) is 3.31. The van der Waals surface area contributed by atoms with Crippen molar-refractivity contribution < 1.29 is 19.1 Å². The maximum atomic E-state index is 13.2. The van der Waals surface area contributed by atoms with Crippen LogP contribution in [0.4, 0.5) is 4.39 Å². The topological polar surface area (TPSA) is 66.7 Å². The molecule has 0 aliphatic rings. The van der Waals surface area contributed by atoms with E-state index in [2.05, 4.69) is 4.99 Å². The van der Waals surface area contributed by atoms with E-state index in [1.165, 1.54) is 19.1 Å². The monoisotopic (exact) mass is 209 g/mol. The molecule has 0 saturated carbocycles. The van der Waals surface area contributed by atoms with Gasteiger partial charge in [0.1, 0.15) is 5.82 Å². The quantitative estimate of drug-likeness (QED) is 0.608. The zero-order chi connectivity index (χ0) is 11.4. The average Bonchev–Trinajstić information content (AvgIpc) is 2.19. The Morgan fingerprint density at radius 1 is 1.60 bits per heavy atom. The van der Waals surface area contributed by atoms with Crippen LogP contribution in [0.3, 0.4) is 0 Å². The summed E-state index contributed by atoms with van der Waals surface area (Å²) in [5.41, 5.74) is 0.284. The molecule has 0 aromatic heterocycles. The molecule has 78 valence electrons. The van der Waals surface area contributed by atoms with Crippen molar-refractivity contribution in [3.05, 3.63) is 34.6 Å². The lowest BCUT2D eigenvalue weighted by Gasteiger charge is -2.04. The summed E-state index contributed by atoms with van der Waals surface area (Å²) in [6, 6.07) is 2.45. The predicted octanol–water partition coefficient (Wildman–Crippen LogP) is 1.67. The number of carbonyl (C=O) groups excluding carboxylic acids is 1. The maximum Gasteiger partial charge on any atom is 0.336 e. The van der Waals surface area contributed by atoms with Gasteiger partial charge in [-0.3, -0.25) is 0 Å². The van der Waals surface area contributed by atoms with Crippen molar-refractivity contribution >= 4 is 12.0 Å². The molecule has 1 aromatic rings. The first-order valence-corrected chi connectivity index (χ1v) is 4.12. The molecule has 0 fully saturated rings. The first kappa shape index (κ1) is 11.1. The Labute approximate surface area is 85.1 Å². The van der Waals surface area contributed by atoms with E-state index in [1.54, 1.807) is 0 Å². The molecule has 1 rings (SSSR count). The number of carboxylic acids is 1. The number of carbonyl (C=O) groups is 1. The zero-order valence-electron chi connectivity index (χ0n) is 7.95. The molecule has 0 heterocycles. The van der Waals surface area contributed by atoms with Crippen molar-refractivity contribution in [1.82, 2.24) is 0 Å². The molecular formula is C10H8FNO3. The van der Waals surface area contributed by atoms with Crippen molar-refractivity contribution in [2.45, 2.75) is 13.5 Å². The maximum absolute atomic E-state index is 13.2. The summed E-state index contributed by atoms with van der Waals surface area (Å²) in [6.45, 7) is 1.31. The molecule has 0 aliphatic carbocycles. The van der Waals surface area contributed by atoms with Crippen LogP contribution < -0.4 is 0 Å². The van der Waals surface area contributed by atoms with Crippen LogP contribution in [-0.4, -0.2) is 17.2 Å². The summed E-state index contributed by atoms with van der Waals surface area (Å²) < 4.78 is 13.2. The van der Waals surface area contributed by atoms with E-state index in [4.69, 9.17) is 5.11 Å². The second-order valence-electron chi connectivity index (χ2n) is 2.96. The Morgan fingerprint density at radius 2 is 2.27 bits per heavy atom. The van der Waals surface area contributed by atoms with E-state index in [0.29, 0.717) is 5.56 Å².